The molecular weight excluding hydrogens is 212 g/mol. The predicted octanol–water partition coefficient (Wildman–Crippen LogP) is 1.63. The molecule has 1 fully saturated rings. The van der Waals surface area contributed by atoms with E-state index in [0.717, 1.165) is 25.3 Å². The number of methoxy groups -OCH3 is 1. The van der Waals surface area contributed by atoms with Crippen molar-refractivity contribution in [2.75, 3.05) is 20.2 Å². The first-order valence-electron chi connectivity index (χ1n) is 6.26. The summed E-state index contributed by atoms with van der Waals surface area (Å²) in [5.74, 6) is 0.959. The van der Waals surface area contributed by atoms with Crippen molar-refractivity contribution in [3.05, 3.63) is 29.3 Å². The molecule has 3 heteroatoms. The van der Waals surface area contributed by atoms with Crippen LogP contribution in [0.2, 0.25) is 0 Å². The van der Waals surface area contributed by atoms with Crippen LogP contribution in [-0.4, -0.2) is 25.7 Å². The zero-order valence-corrected chi connectivity index (χ0v) is 10.8. The van der Waals surface area contributed by atoms with Crippen molar-refractivity contribution in [1.29, 1.82) is 0 Å². The van der Waals surface area contributed by atoms with Crippen LogP contribution in [0.3, 0.4) is 0 Å². The first-order valence-corrected chi connectivity index (χ1v) is 6.26. The Kier molecular flexibility index (Phi) is 3.69. The Balaban J connectivity index is 1.76. The van der Waals surface area contributed by atoms with Crippen molar-refractivity contribution >= 4 is 0 Å². The van der Waals surface area contributed by atoms with Gasteiger partial charge in [-0.15, -0.1) is 0 Å². The molecule has 0 aromatic heterocycles. The number of hydrogen-bond donors (Lipinski definition) is 2. The van der Waals surface area contributed by atoms with E-state index < -0.39 is 0 Å². The SMILES string of the molecule is COc1ccc(CCNCC2(N)CC2)cc1C. The largest absolute Gasteiger partial charge is 0.496 e. The summed E-state index contributed by atoms with van der Waals surface area (Å²) in [6.45, 7) is 4.02. The summed E-state index contributed by atoms with van der Waals surface area (Å²) in [5, 5.41) is 3.43. The van der Waals surface area contributed by atoms with Crippen LogP contribution in [-0.2, 0) is 6.42 Å². The van der Waals surface area contributed by atoms with Gasteiger partial charge in [0.1, 0.15) is 5.75 Å². The molecule has 0 atom stereocenters. The average molecular weight is 234 g/mol. The van der Waals surface area contributed by atoms with Crippen LogP contribution in [0.5, 0.6) is 5.75 Å². The Bertz CT molecular complexity index is 386. The lowest BCUT2D eigenvalue weighted by molar-refractivity contribution is 0.411. The van der Waals surface area contributed by atoms with Crippen LogP contribution in [0, 0.1) is 6.92 Å². The fourth-order valence-electron chi connectivity index (χ4n) is 2.00. The number of benzene rings is 1. The normalized spacial score (nSPS) is 16.9. The molecule has 0 amide bonds. The van der Waals surface area contributed by atoms with Gasteiger partial charge in [0.05, 0.1) is 7.11 Å². The molecule has 0 spiro atoms. The van der Waals surface area contributed by atoms with E-state index in [0.29, 0.717) is 0 Å². The van der Waals surface area contributed by atoms with Crippen LogP contribution in [0.4, 0.5) is 0 Å². The number of aryl methyl sites for hydroxylation is 1. The van der Waals surface area contributed by atoms with E-state index >= 15 is 0 Å². The van der Waals surface area contributed by atoms with Crippen molar-refractivity contribution in [3.63, 3.8) is 0 Å². The van der Waals surface area contributed by atoms with Crippen LogP contribution >= 0.6 is 0 Å². The molecule has 0 bridgehead atoms. The summed E-state index contributed by atoms with van der Waals surface area (Å²) in [5.41, 5.74) is 8.66. The lowest BCUT2D eigenvalue weighted by atomic mass is 10.1. The van der Waals surface area contributed by atoms with E-state index in [2.05, 4.69) is 24.4 Å². The van der Waals surface area contributed by atoms with Crippen LogP contribution in [0.1, 0.15) is 24.0 Å². The molecule has 1 aromatic rings. The summed E-state index contributed by atoms with van der Waals surface area (Å²) in [4.78, 5) is 0. The smallest absolute Gasteiger partial charge is 0.121 e. The van der Waals surface area contributed by atoms with Crippen molar-refractivity contribution in [2.45, 2.75) is 31.7 Å². The van der Waals surface area contributed by atoms with Crippen molar-refractivity contribution in [2.24, 2.45) is 5.73 Å². The molecule has 94 valence electrons. The van der Waals surface area contributed by atoms with Gasteiger partial charge in [0.15, 0.2) is 0 Å². The van der Waals surface area contributed by atoms with Gasteiger partial charge in [0.2, 0.25) is 0 Å². The molecule has 0 unspecified atom stereocenters. The molecule has 0 radical (unpaired) electrons. The number of nitrogens with two attached hydrogens (primary N) is 1. The third kappa shape index (κ3) is 3.45. The quantitative estimate of drug-likeness (QED) is 0.735. The van der Waals surface area contributed by atoms with Gasteiger partial charge in [-0.3, -0.25) is 0 Å². The molecule has 3 N–H and O–H groups in total. The summed E-state index contributed by atoms with van der Waals surface area (Å²) in [6.07, 6.45) is 3.38. The first kappa shape index (κ1) is 12.4. The van der Waals surface area contributed by atoms with Crippen LogP contribution in [0.25, 0.3) is 0 Å². The zero-order valence-electron chi connectivity index (χ0n) is 10.8. The summed E-state index contributed by atoms with van der Waals surface area (Å²) in [6, 6.07) is 6.36. The number of nitrogens with one attached hydrogen (secondary N) is 1. The third-order valence-corrected chi connectivity index (χ3v) is 3.42. The van der Waals surface area contributed by atoms with E-state index in [1.807, 2.05) is 6.07 Å². The van der Waals surface area contributed by atoms with Gasteiger partial charge < -0.3 is 15.8 Å². The number of hydrogen-bond acceptors (Lipinski definition) is 3. The Morgan fingerprint density at radius 2 is 2.18 bits per heavy atom. The summed E-state index contributed by atoms with van der Waals surface area (Å²) >= 11 is 0. The lowest BCUT2D eigenvalue weighted by Gasteiger charge is -2.11. The molecule has 17 heavy (non-hydrogen) atoms. The highest BCUT2D eigenvalue weighted by molar-refractivity contribution is 5.36. The second-order valence-electron chi connectivity index (χ2n) is 5.09. The number of ether oxygens (including phenoxy) is 1. The third-order valence-electron chi connectivity index (χ3n) is 3.42. The summed E-state index contributed by atoms with van der Waals surface area (Å²) < 4.78 is 5.25. The van der Waals surface area contributed by atoms with Crippen molar-refractivity contribution < 1.29 is 4.74 Å². The highest BCUT2D eigenvalue weighted by Gasteiger charge is 2.37. The van der Waals surface area contributed by atoms with Gasteiger partial charge in [-0.2, -0.15) is 0 Å². The second kappa shape index (κ2) is 5.07. The zero-order chi connectivity index (χ0) is 12.3. The summed E-state index contributed by atoms with van der Waals surface area (Å²) in [7, 11) is 1.71. The standard InChI is InChI=1S/C14H22N2O/c1-11-9-12(3-4-13(11)17-2)5-8-16-10-14(15)6-7-14/h3-4,9,16H,5-8,10,15H2,1-2H3. The Hall–Kier alpha value is -1.06. The lowest BCUT2D eigenvalue weighted by Crippen LogP contribution is -2.36. The molecule has 0 saturated heterocycles. The monoisotopic (exact) mass is 234 g/mol. The van der Waals surface area contributed by atoms with Gasteiger partial charge in [0.25, 0.3) is 0 Å². The molecule has 3 nitrogen and oxygen atoms in total. The van der Waals surface area contributed by atoms with E-state index in [1.54, 1.807) is 7.11 Å². The van der Waals surface area contributed by atoms with E-state index in [1.165, 1.54) is 24.0 Å². The first-order chi connectivity index (χ1) is 8.13. The molecule has 2 rings (SSSR count). The fourth-order valence-corrected chi connectivity index (χ4v) is 2.00. The number of rotatable bonds is 6. The van der Waals surface area contributed by atoms with Gasteiger partial charge >= 0.3 is 0 Å². The molecule has 0 heterocycles. The Labute approximate surface area is 103 Å². The highest BCUT2D eigenvalue weighted by Crippen LogP contribution is 2.30. The maximum absolute atomic E-state index is 6.01. The maximum Gasteiger partial charge on any atom is 0.121 e. The predicted molar refractivity (Wildman–Crippen MR) is 70.5 cm³/mol. The molecule has 1 saturated carbocycles. The minimum atomic E-state index is 0.107. The maximum atomic E-state index is 6.01. The molecular formula is C14H22N2O. The van der Waals surface area contributed by atoms with E-state index in [9.17, 15) is 0 Å². The van der Waals surface area contributed by atoms with Crippen LogP contribution < -0.4 is 15.8 Å². The molecule has 0 aliphatic heterocycles. The molecule has 1 aliphatic rings. The Morgan fingerprint density at radius 1 is 1.41 bits per heavy atom. The fraction of sp³-hybridized carbons (Fsp3) is 0.571. The van der Waals surface area contributed by atoms with Gasteiger partial charge in [-0.1, -0.05) is 12.1 Å². The molecule has 1 aliphatic carbocycles. The van der Waals surface area contributed by atoms with Gasteiger partial charge in [-0.25, -0.2) is 0 Å². The topological polar surface area (TPSA) is 47.3 Å². The minimum Gasteiger partial charge on any atom is -0.496 e. The van der Waals surface area contributed by atoms with Crippen molar-refractivity contribution in [3.8, 4) is 5.75 Å². The van der Waals surface area contributed by atoms with Crippen LogP contribution in [0.15, 0.2) is 18.2 Å². The second-order valence-corrected chi connectivity index (χ2v) is 5.09. The molecule has 1 aromatic carbocycles. The van der Waals surface area contributed by atoms with E-state index in [4.69, 9.17) is 10.5 Å². The van der Waals surface area contributed by atoms with E-state index in [-0.39, 0.29) is 5.54 Å². The highest BCUT2D eigenvalue weighted by atomic mass is 16.5. The van der Waals surface area contributed by atoms with Gasteiger partial charge in [0, 0.05) is 12.1 Å². The van der Waals surface area contributed by atoms with Crippen molar-refractivity contribution in [1.82, 2.24) is 5.32 Å². The van der Waals surface area contributed by atoms with Gasteiger partial charge in [-0.05, 0) is 49.9 Å². The Morgan fingerprint density at radius 3 is 2.76 bits per heavy atom. The minimum absolute atomic E-state index is 0.107. The average Bonchev–Trinajstić information content (AvgIpc) is 3.04.